The molecule has 9 nitrogen and oxygen atoms in total. The highest BCUT2D eigenvalue weighted by Crippen LogP contribution is 2.40. The Hall–Kier alpha value is -2.52. The lowest BCUT2D eigenvalue weighted by atomic mass is 9.99. The van der Waals surface area contributed by atoms with E-state index in [2.05, 4.69) is 38.9 Å². The summed E-state index contributed by atoms with van der Waals surface area (Å²) in [6, 6.07) is 0.232. The Kier molecular flexibility index (Phi) is 4.51. The van der Waals surface area contributed by atoms with Gasteiger partial charge in [0.1, 0.15) is 5.82 Å². The molecule has 2 atom stereocenters. The van der Waals surface area contributed by atoms with E-state index >= 15 is 0 Å². The van der Waals surface area contributed by atoms with Crippen molar-refractivity contribution in [1.29, 1.82) is 0 Å². The van der Waals surface area contributed by atoms with E-state index in [0.717, 1.165) is 62.0 Å². The minimum Gasteiger partial charge on any atom is -0.377 e. The van der Waals surface area contributed by atoms with Crippen molar-refractivity contribution in [3.63, 3.8) is 0 Å². The van der Waals surface area contributed by atoms with Gasteiger partial charge in [-0.05, 0) is 33.2 Å². The van der Waals surface area contributed by atoms with Gasteiger partial charge < -0.3 is 25.6 Å². The molecule has 0 amide bonds. The molecule has 2 aromatic rings. The number of rotatable bonds is 3. The van der Waals surface area contributed by atoms with Crippen LogP contribution in [0, 0.1) is 0 Å². The quantitative estimate of drug-likeness (QED) is 0.781. The Morgan fingerprint density at radius 2 is 2.07 bits per heavy atom. The van der Waals surface area contributed by atoms with Gasteiger partial charge in [0, 0.05) is 43.2 Å². The molecule has 3 aliphatic rings. The molecule has 5 rings (SSSR count). The molecule has 9 heteroatoms. The number of aromatic nitrogens is 4. The first-order valence-corrected chi connectivity index (χ1v) is 10.4. The number of nitrogens with two attached hydrogens (primary N) is 1. The molecule has 2 unspecified atom stereocenters. The molecular formula is C20H28N8O. The van der Waals surface area contributed by atoms with Crippen LogP contribution in [0.15, 0.2) is 12.4 Å². The fraction of sp³-hybridized carbons (Fsp3) is 0.600. The number of nitrogens with zero attached hydrogens (tertiary/aromatic N) is 6. The van der Waals surface area contributed by atoms with E-state index in [-0.39, 0.29) is 17.5 Å². The van der Waals surface area contributed by atoms with Gasteiger partial charge in [-0.2, -0.15) is 4.98 Å². The maximum absolute atomic E-state index is 5.71. The summed E-state index contributed by atoms with van der Waals surface area (Å²) >= 11 is 0. The van der Waals surface area contributed by atoms with E-state index in [1.54, 1.807) is 12.4 Å². The number of morpholine rings is 1. The molecule has 0 saturated carbocycles. The topological polar surface area (TPSA) is 105 Å². The van der Waals surface area contributed by atoms with Crippen LogP contribution in [0.4, 0.5) is 17.7 Å². The van der Waals surface area contributed by atoms with Crippen molar-refractivity contribution in [2.24, 2.45) is 0 Å². The van der Waals surface area contributed by atoms with Crippen molar-refractivity contribution in [3.8, 4) is 11.3 Å². The van der Waals surface area contributed by atoms with Crippen LogP contribution < -0.4 is 20.9 Å². The molecule has 29 heavy (non-hydrogen) atoms. The van der Waals surface area contributed by atoms with Gasteiger partial charge in [-0.15, -0.1) is 0 Å². The lowest BCUT2D eigenvalue weighted by Crippen LogP contribution is -2.48. The Morgan fingerprint density at radius 1 is 1.24 bits per heavy atom. The summed E-state index contributed by atoms with van der Waals surface area (Å²) in [7, 11) is 0. The average molecular weight is 396 g/mol. The van der Waals surface area contributed by atoms with Gasteiger partial charge in [0.05, 0.1) is 30.5 Å². The van der Waals surface area contributed by atoms with Gasteiger partial charge >= 0.3 is 0 Å². The average Bonchev–Trinajstić information content (AvgIpc) is 3.35. The Bertz CT molecular complexity index is 896. The predicted molar refractivity (Wildman–Crippen MR) is 112 cm³/mol. The highest BCUT2D eigenvalue weighted by atomic mass is 16.5. The second-order valence-corrected chi connectivity index (χ2v) is 8.45. The van der Waals surface area contributed by atoms with E-state index in [1.165, 1.54) is 5.56 Å². The van der Waals surface area contributed by atoms with Gasteiger partial charge in [0.25, 0.3) is 0 Å². The molecule has 2 aromatic heterocycles. The first kappa shape index (κ1) is 18.5. The van der Waals surface area contributed by atoms with Crippen molar-refractivity contribution in [3.05, 3.63) is 18.0 Å². The second-order valence-electron chi connectivity index (χ2n) is 8.45. The fourth-order valence-electron chi connectivity index (χ4n) is 4.66. The third kappa shape index (κ3) is 3.18. The molecule has 154 valence electrons. The molecular weight excluding hydrogens is 368 g/mol. The molecule has 3 aliphatic heterocycles. The number of hydrogen-bond donors (Lipinski definition) is 2. The number of anilines is 3. The fourth-order valence-corrected chi connectivity index (χ4v) is 4.66. The van der Waals surface area contributed by atoms with E-state index < -0.39 is 0 Å². The molecule has 0 spiro atoms. The third-order valence-corrected chi connectivity index (χ3v) is 6.38. The zero-order valence-corrected chi connectivity index (χ0v) is 17.1. The minimum atomic E-state index is 0.0718. The van der Waals surface area contributed by atoms with Crippen LogP contribution in [0.1, 0.15) is 25.8 Å². The van der Waals surface area contributed by atoms with Crippen molar-refractivity contribution in [2.75, 3.05) is 54.9 Å². The lowest BCUT2D eigenvalue weighted by Gasteiger charge is -2.37. The maximum atomic E-state index is 5.71. The number of nitrogens with one attached hydrogen (secondary N) is 1. The van der Waals surface area contributed by atoms with Crippen LogP contribution in [-0.2, 0) is 11.2 Å². The Balaban J connectivity index is 1.64. The first-order valence-electron chi connectivity index (χ1n) is 10.4. The summed E-state index contributed by atoms with van der Waals surface area (Å²) in [6.45, 7) is 9.61. The summed E-state index contributed by atoms with van der Waals surface area (Å²) in [5, 5.41) is 3.51. The predicted octanol–water partition coefficient (Wildman–Crippen LogP) is 0.855. The molecule has 2 fully saturated rings. The highest BCUT2D eigenvalue weighted by Gasteiger charge is 2.41. The van der Waals surface area contributed by atoms with E-state index in [0.29, 0.717) is 13.2 Å². The number of nitrogen functional groups attached to an aromatic ring is 1. The molecule has 0 aliphatic carbocycles. The lowest BCUT2D eigenvalue weighted by molar-refractivity contribution is 0.0981. The Morgan fingerprint density at radius 3 is 2.79 bits per heavy atom. The Labute approximate surface area is 170 Å². The van der Waals surface area contributed by atoms with Gasteiger partial charge in [0.15, 0.2) is 0 Å². The van der Waals surface area contributed by atoms with Crippen LogP contribution >= 0.6 is 0 Å². The SMILES string of the molecule is CC1COCCN1c1nc(-c2cnc(N)nc2)c2c(n1)N(C1(C)CCNC1)CC2. The number of hydrogen-bond acceptors (Lipinski definition) is 9. The number of ether oxygens (including phenoxy) is 1. The summed E-state index contributed by atoms with van der Waals surface area (Å²) in [5.74, 6) is 2.08. The van der Waals surface area contributed by atoms with E-state index in [9.17, 15) is 0 Å². The molecule has 0 bridgehead atoms. The minimum absolute atomic E-state index is 0.0718. The highest BCUT2D eigenvalue weighted by molar-refractivity contribution is 5.73. The summed E-state index contributed by atoms with van der Waals surface area (Å²) in [4.78, 5) is 23.2. The third-order valence-electron chi connectivity index (χ3n) is 6.38. The first-order chi connectivity index (χ1) is 14.0. The molecule has 5 heterocycles. The van der Waals surface area contributed by atoms with Gasteiger partial charge in [0.2, 0.25) is 11.9 Å². The summed E-state index contributed by atoms with van der Waals surface area (Å²) in [5.41, 5.74) is 8.76. The molecule has 3 N–H and O–H groups in total. The number of fused-ring (bicyclic) bond motifs is 1. The largest absolute Gasteiger partial charge is 0.377 e. The smallest absolute Gasteiger partial charge is 0.228 e. The maximum Gasteiger partial charge on any atom is 0.228 e. The molecule has 0 radical (unpaired) electrons. The van der Waals surface area contributed by atoms with Crippen LogP contribution in [0.5, 0.6) is 0 Å². The van der Waals surface area contributed by atoms with Crippen LogP contribution in [0.3, 0.4) is 0 Å². The van der Waals surface area contributed by atoms with Crippen LogP contribution in [0.2, 0.25) is 0 Å². The van der Waals surface area contributed by atoms with E-state index in [1.807, 2.05) is 0 Å². The summed E-state index contributed by atoms with van der Waals surface area (Å²) in [6.07, 6.45) is 5.56. The van der Waals surface area contributed by atoms with Gasteiger partial charge in [-0.1, -0.05) is 0 Å². The molecule has 0 aromatic carbocycles. The van der Waals surface area contributed by atoms with Crippen molar-refractivity contribution in [2.45, 2.75) is 38.3 Å². The monoisotopic (exact) mass is 396 g/mol. The normalized spacial score (nSPS) is 26.8. The summed E-state index contributed by atoms with van der Waals surface area (Å²) < 4.78 is 5.62. The van der Waals surface area contributed by atoms with Crippen LogP contribution in [-0.4, -0.2) is 70.9 Å². The zero-order chi connectivity index (χ0) is 20.0. The zero-order valence-electron chi connectivity index (χ0n) is 17.1. The standard InChI is InChI=1S/C20H28N8O/c1-13-11-29-8-7-27(13)19-25-16(14-9-23-18(21)24-10-14)15-3-6-28(17(15)26-19)20(2)4-5-22-12-20/h9-10,13,22H,3-8,11-12H2,1-2H3,(H2,21,23,24). The van der Waals surface area contributed by atoms with Gasteiger partial charge in [-0.25, -0.2) is 15.0 Å². The van der Waals surface area contributed by atoms with Crippen LogP contribution in [0.25, 0.3) is 11.3 Å². The van der Waals surface area contributed by atoms with Crippen molar-refractivity contribution in [1.82, 2.24) is 25.3 Å². The second kappa shape index (κ2) is 7.07. The van der Waals surface area contributed by atoms with Crippen molar-refractivity contribution < 1.29 is 4.74 Å². The molecule has 2 saturated heterocycles. The van der Waals surface area contributed by atoms with E-state index in [4.69, 9.17) is 20.4 Å². The van der Waals surface area contributed by atoms with Gasteiger partial charge in [-0.3, -0.25) is 0 Å². The van der Waals surface area contributed by atoms with Crippen molar-refractivity contribution >= 4 is 17.7 Å².